The highest BCUT2D eigenvalue weighted by molar-refractivity contribution is 7.15. The molecule has 0 bridgehead atoms. The van der Waals surface area contributed by atoms with Crippen LogP contribution in [-0.4, -0.2) is 64.0 Å². The van der Waals surface area contributed by atoms with Crippen LogP contribution in [-0.2, 0) is 6.42 Å². The van der Waals surface area contributed by atoms with Crippen LogP contribution in [0, 0.1) is 0 Å². The van der Waals surface area contributed by atoms with Crippen LogP contribution in [0.5, 0.6) is 0 Å². The summed E-state index contributed by atoms with van der Waals surface area (Å²) in [6.45, 7) is 9.38. The van der Waals surface area contributed by atoms with Crippen LogP contribution in [0.25, 0.3) is 10.9 Å². The van der Waals surface area contributed by atoms with Crippen molar-refractivity contribution in [2.24, 2.45) is 0 Å². The lowest BCUT2D eigenvalue weighted by Crippen LogP contribution is -2.46. The molecular formula is C20H28N6OS. The Morgan fingerprint density at radius 1 is 1.21 bits per heavy atom. The van der Waals surface area contributed by atoms with Gasteiger partial charge < -0.3 is 19.9 Å². The number of para-hydroxylation sites is 1. The average molecular weight is 401 g/mol. The van der Waals surface area contributed by atoms with Gasteiger partial charge in [0.05, 0.1) is 0 Å². The van der Waals surface area contributed by atoms with E-state index in [4.69, 9.17) is 0 Å². The van der Waals surface area contributed by atoms with Crippen LogP contribution in [0.4, 0.5) is 5.13 Å². The highest BCUT2D eigenvalue weighted by Crippen LogP contribution is 2.25. The number of aromatic nitrogens is 3. The molecule has 2 aromatic heterocycles. The molecule has 1 fully saturated rings. The summed E-state index contributed by atoms with van der Waals surface area (Å²) in [4.78, 5) is 8.00. The number of nitrogens with one attached hydrogen (secondary N) is 2. The zero-order valence-corrected chi connectivity index (χ0v) is 17.2. The first-order valence-electron chi connectivity index (χ1n) is 9.94. The molecule has 0 spiro atoms. The molecule has 2 atom stereocenters. The molecule has 3 aromatic rings. The number of benzene rings is 1. The first-order valence-corrected chi connectivity index (χ1v) is 10.8. The Bertz CT molecular complexity index is 901. The number of anilines is 1. The Balaban J connectivity index is 1.34. The number of fused-ring (bicyclic) bond motifs is 1. The maximum atomic E-state index is 10.6. The lowest BCUT2D eigenvalue weighted by Gasteiger charge is -2.33. The normalized spacial score (nSPS) is 17.9. The second kappa shape index (κ2) is 8.57. The van der Waals surface area contributed by atoms with Gasteiger partial charge in [-0.15, -0.1) is 10.2 Å². The van der Waals surface area contributed by atoms with Crippen LogP contribution in [0.15, 0.2) is 30.5 Å². The van der Waals surface area contributed by atoms with Gasteiger partial charge in [-0.25, -0.2) is 0 Å². The SMILES string of the molecule is CCN1CCN(c2nnc(C(O)NC(C)Cc3c[nH]c4ccccc34)s2)CC1. The Morgan fingerprint density at radius 3 is 2.79 bits per heavy atom. The average Bonchev–Trinajstić information content (AvgIpc) is 3.36. The van der Waals surface area contributed by atoms with Gasteiger partial charge in [-0.2, -0.15) is 0 Å². The molecule has 8 heteroatoms. The van der Waals surface area contributed by atoms with Crippen molar-refractivity contribution in [3.05, 3.63) is 41.0 Å². The van der Waals surface area contributed by atoms with Crippen molar-refractivity contribution in [2.75, 3.05) is 37.6 Å². The Hall–Kier alpha value is -2.00. The molecule has 0 aliphatic carbocycles. The zero-order valence-electron chi connectivity index (χ0n) is 16.4. The maximum absolute atomic E-state index is 10.6. The summed E-state index contributed by atoms with van der Waals surface area (Å²) in [5.74, 6) is 0. The monoisotopic (exact) mass is 400 g/mol. The van der Waals surface area contributed by atoms with Crippen LogP contribution in [0.3, 0.4) is 0 Å². The van der Waals surface area contributed by atoms with E-state index in [9.17, 15) is 5.11 Å². The number of aliphatic hydroxyl groups is 1. The van der Waals surface area contributed by atoms with Gasteiger partial charge in [-0.1, -0.05) is 36.5 Å². The molecule has 3 heterocycles. The third-order valence-corrected chi connectivity index (χ3v) is 6.43. The molecular weight excluding hydrogens is 372 g/mol. The smallest absolute Gasteiger partial charge is 0.208 e. The van der Waals surface area contributed by atoms with Gasteiger partial charge in [0.1, 0.15) is 0 Å². The van der Waals surface area contributed by atoms with Crippen molar-refractivity contribution in [3.63, 3.8) is 0 Å². The van der Waals surface area contributed by atoms with E-state index in [1.165, 1.54) is 22.3 Å². The van der Waals surface area contributed by atoms with Gasteiger partial charge in [0.15, 0.2) is 11.2 Å². The van der Waals surface area contributed by atoms with Gasteiger partial charge in [-0.05, 0) is 31.5 Å². The summed E-state index contributed by atoms with van der Waals surface area (Å²) in [7, 11) is 0. The minimum Gasteiger partial charge on any atom is -0.372 e. The largest absolute Gasteiger partial charge is 0.372 e. The number of rotatable bonds is 7. The van der Waals surface area contributed by atoms with E-state index >= 15 is 0 Å². The number of piperazine rings is 1. The molecule has 28 heavy (non-hydrogen) atoms. The fraction of sp³-hybridized carbons (Fsp3) is 0.500. The lowest BCUT2D eigenvalue weighted by atomic mass is 10.1. The summed E-state index contributed by atoms with van der Waals surface area (Å²) in [6, 6.07) is 8.39. The fourth-order valence-corrected chi connectivity index (χ4v) is 4.59. The van der Waals surface area contributed by atoms with Crippen molar-refractivity contribution >= 4 is 27.4 Å². The molecule has 7 nitrogen and oxygen atoms in total. The number of aromatic amines is 1. The molecule has 0 saturated carbocycles. The summed E-state index contributed by atoms with van der Waals surface area (Å²) in [6.07, 6.45) is 2.07. The van der Waals surface area contributed by atoms with E-state index in [-0.39, 0.29) is 6.04 Å². The van der Waals surface area contributed by atoms with Crippen molar-refractivity contribution in [1.29, 1.82) is 0 Å². The number of nitrogens with zero attached hydrogens (tertiary/aromatic N) is 4. The highest BCUT2D eigenvalue weighted by Gasteiger charge is 2.22. The topological polar surface area (TPSA) is 80.3 Å². The molecule has 1 aliphatic rings. The molecule has 2 unspecified atom stereocenters. The molecule has 1 aromatic carbocycles. The Morgan fingerprint density at radius 2 is 2.00 bits per heavy atom. The van der Waals surface area contributed by atoms with Crippen LogP contribution >= 0.6 is 11.3 Å². The van der Waals surface area contributed by atoms with Gasteiger partial charge in [0.25, 0.3) is 0 Å². The predicted octanol–water partition coefficient (Wildman–Crippen LogP) is 2.37. The Kier molecular flexibility index (Phi) is 5.91. The summed E-state index contributed by atoms with van der Waals surface area (Å²) < 4.78 is 0. The van der Waals surface area contributed by atoms with E-state index in [1.54, 1.807) is 0 Å². The van der Waals surface area contributed by atoms with Crippen LogP contribution in [0.2, 0.25) is 0 Å². The van der Waals surface area contributed by atoms with Crippen molar-refractivity contribution in [2.45, 2.75) is 32.5 Å². The van der Waals surface area contributed by atoms with Gasteiger partial charge in [-0.3, -0.25) is 5.32 Å². The third kappa shape index (κ3) is 4.20. The van der Waals surface area contributed by atoms with E-state index in [0.717, 1.165) is 49.8 Å². The third-order valence-electron chi connectivity index (χ3n) is 5.40. The van der Waals surface area contributed by atoms with E-state index in [1.807, 2.05) is 12.3 Å². The summed E-state index contributed by atoms with van der Waals surface area (Å²) in [5, 5.41) is 25.1. The predicted molar refractivity (Wildman–Crippen MR) is 114 cm³/mol. The molecule has 4 rings (SSSR count). The van der Waals surface area contributed by atoms with Crippen LogP contribution in [0.1, 0.15) is 30.6 Å². The van der Waals surface area contributed by atoms with Crippen molar-refractivity contribution in [3.8, 4) is 0 Å². The number of hydrogen-bond acceptors (Lipinski definition) is 7. The van der Waals surface area contributed by atoms with Crippen molar-refractivity contribution < 1.29 is 5.11 Å². The second-order valence-electron chi connectivity index (χ2n) is 7.38. The summed E-state index contributed by atoms with van der Waals surface area (Å²) in [5.41, 5.74) is 2.39. The number of likely N-dealkylation sites (N-methyl/N-ethyl adjacent to an activating group) is 1. The number of H-pyrrole nitrogens is 1. The fourth-order valence-electron chi connectivity index (χ4n) is 3.75. The Labute approximate surface area is 169 Å². The minimum absolute atomic E-state index is 0.106. The quantitative estimate of drug-likeness (QED) is 0.529. The van der Waals surface area contributed by atoms with E-state index in [0.29, 0.717) is 5.01 Å². The van der Waals surface area contributed by atoms with Crippen LogP contribution < -0.4 is 10.2 Å². The molecule has 1 saturated heterocycles. The second-order valence-corrected chi connectivity index (χ2v) is 8.37. The molecule has 1 aliphatic heterocycles. The summed E-state index contributed by atoms with van der Waals surface area (Å²) >= 11 is 1.48. The number of hydrogen-bond donors (Lipinski definition) is 3. The van der Waals surface area contributed by atoms with E-state index < -0.39 is 6.23 Å². The highest BCUT2D eigenvalue weighted by atomic mass is 32.1. The first kappa shape index (κ1) is 19.3. The maximum Gasteiger partial charge on any atom is 0.208 e. The van der Waals surface area contributed by atoms with E-state index in [2.05, 4.69) is 62.3 Å². The molecule has 3 N–H and O–H groups in total. The standard InChI is InChI=1S/C20H28N6OS/c1-3-25-8-10-26(11-9-25)20-24-23-19(28-20)18(27)22-14(2)12-15-13-21-17-7-5-4-6-16(15)17/h4-7,13-14,18,21-22,27H,3,8-12H2,1-2H3. The molecule has 0 radical (unpaired) electrons. The number of aliphatic hydroxyl groups excluding tert-OH is 1. The minimum atomic E-state index is -0.802. The van der Waals surface area contributed by atoms with Gasteiger partial charge >= 0.3 is 0 Å². The zero-order chi connectivity index (χ0) is 19.5. The van der Waals surface area contributed by atoms with Gasteiger partial charge in [0.2, 0.25) is 5.13 Å². The molecule has 150 valence electrons. The first-order chi connectivity index (χ1) is 13.6. The van der Waals surface area contributed by atoms with Crippen molar-refractivity contribution in [1.82, 2.24) is 25.4 Å². The van der Waals surface area contributed by atoms with Gasteiger partial charge in [0, 0.05) is 49.3 Å². The lowest BCUT2D eigenvalue weighted by molar-refractivity contribution is 0.125. The molecule has 0 amide bonds.